The highest BCUT2D eigenvalue weighted by Crippen LogP contribution is 2.24. The Labute approximate surface area is 137 Å². The highest BCUT2D eigenvalue weighted by Gasteiger charge is 2.17. The van der Waals surface area contributed by atoms with Crippen molar-refractivity contribution < 1.29 is 23.1 Å². The average Bonchev–Trinajstić information content (AvgIpc) is 2.98. The van der Waals surface area contributed by atoms with Crippen LogP contribution < -0.4 is 9.46 Å². The van der Waals surface area contributed by atoms with E-state index < -0.39 is 16.0 Å². The maximum Gasteiger partial charge on any atom is 0.337 e. The van der Waals surface area contributed by atoms with Crippen molar-refractivity contribution in [3.8, 4) is 5.75 Å². The lowest BCUT2D eigenvalue weighted by Gasteiger charge is -2.09. The molecule has 9 heteroatoms. The third-order valence-electron chi connectivity index (χ3n) is 3.40. The molecule has 0 fully saturated rings. The van der Waals surface area contributed by atoms with Crippen LogP contribution in [0.4, 0.5) is 5.69 Å². The Bertz CT molecular complexity index is 1030. The van der Waals surface area contributed by atoms with E-state index in [-0.39, 0.29) is 10.5 Å². The summed E-state index contributed by atoms with van der Waals surface area (Å²) in [5.74, 6) is -0.735. The Morgan fingerprint density at radius 1 is 1.29 bits per heavy atom. The van der Waals surface area contributed by atoms with Gasteiger partial charge in [-0.2, -0.15) is 0 Å². The fourth-order valence-corrected chi connectivity index (χ4v) is 3.26. The molecule has 3 N–H and O–H groups in total. The molecule has 0 amide bonds. The predicted molar refractivity (Wildman–Crippen MR) is 86.9 cm³/mol. The molecule has 0 unspecified atom stereocenters. The first-order valence-corrected chi connectivity index (χ1v) is 8.25. The number of aromatic carboxylic acids is 1. The van der Waals surface area contributed by atoms with Gasteiger partial charge in [-0.3, -0.25) is 9.71 Å². The molecule has 3 aromatic rings. The lowest BCUT2D eigenvalue weighted by molar-refractivity contribution is 0.0699. The van der Waals surface area contributed by atoms with E-state index >= 15 is 0 Å². The number of sulfonamides is 1. The minimum absolute atomic E-state index is 0.0420. The van der Waals surface area contributed by atoms with Crippen LogP contribution in [-0.4, -0.2) is 36.6 Å². The van der Waals surface area contributed by atoms with Crippen LogP contribution in [-0.2, 0) is 10.0 Å². The Kier molecular flexibility index (Phi) is 3.86. The number of hydrogen-bond acceptors (Lipinski definition) is 5. The van der Waals surface area contributed by atoms with Gasteiger partial charge in [0.2, 0.25) is 0 Å². The van der Waals surface area contributed by atoms with Gasteiger partial charge in [0.05, 0.1) is 24.6 Å². The van der Waals surface area contributed by atoms with Crippen LogP contribution in [0, 0.1) is 0 Å². The number of aromatic nitrogens is 2. The number of hydrogen-bond donors (Lipinski definition) is 3. The number of ether oxygens (including phenoxy) is 1. The smallest absolute Gasteiger partial charge is 0.337 e. The predicted octanol–water partition coefficient (Wildman–Crippen LogP) is 2.07. The molecule has 0 radical (unpaired) electrons. The lowest BCUT2D eigenvalue weighted by atomic mass is 10.1. The molecule has 24 heavy (non-hydrogen) atoms. The van der Waals surface area contributed by atoms with Crippen molar-refractivity contribution >= 4 is 32.6 Å². The van der Waals surface area contributed by atoms with Crippen LogP contribution in [0.2, 0.25) is 0 Å². The molecule has 2 aromatic heterocycles. The van der Waals surface area contributed by atoms with Crippen LogP contribution in [0.5, 0.6) is 5.75 Å². The molecule has 0 aliphatic carbocycles. The zero-order chi connectivity index (χ0) is 17.3. The number of nitrogens with one attached hydrogen (secondary N) is 2. The fraction of sp³-hybridized carbons (Fsp3) is 0.0667. The van der Waals surface area contributed by atoms with Crippen molar-refractivity contribution in [2.24, 2.45) is 0 Å². The standard InChI is InChI=1S/C15H13N3O5S/c1-23-10-5-11(7-16-6-10)24(21,22)18-9-2-3-12-13(15(19)20)8-17-14(12)4-9/h2-8,17-18H,1H3,(H,19,20). The second-order valence-electron chi connectivity index (χ2n) is 4.93. The molecule has 0 aliphatic rings. The van der Waals surface area contributed by atoms with Crippen molar-refractivity contribution in [1.29, 1.82) is 0 Å². The monoisotopic (exact) mass is 347 g/mol. The summed E-state index contributed by atoms with van der Waals surface area (Å²) >= 11 is 0. The summed E-state index contributed by atoms with van der Waals surface area (Å²) in [6.45, 7) is 0. The second-order valence-corrected chi connectivity index (χ2v) is 6.62. The maximum absolute atomic E-state index is 12.4. The summed E-state index contributed by atoms with van der Waals surface area (Å²) < 4.78 is 32.2. The van der Waals surface area contributed by atoms with Crippen LogP contribution >= 0.6 is 0 Å². The minimum atomic E-state index is -3.85. The summed E-state index contributed by atoms with van der Waals surface area (Å²) in [5, 5.41) is 9.57. The first kappa shape index (κ1) is 15.8. The second kappa shape index (κ2) is 5.85. The summed E-state index contributed by atoms with van der Waals surface area (Å²) in [5.41, 5.74) is 0.928. The summed E-state index contributed by atoms with van der Waals surface area (Å²) in [4.78, 5) is 17.7. The van der Waals surface area contributed by atoms with Gasteiger partial charge in [0.1, 0.15) is 10.6 Å². The number of rotatable bonds is 5. The number of carbonyl (C=O) groups is 1. The molecule has 124 valence electrons. The average molecular weight is 347 g/mol. The van der Waals surface area contributed by atoms with Crippen molar-refractivity contribution in [3.05, 3.63) is 48.4 Å². The van der Waals surface area contributed by atoms with Crippen LogP contribution in [0.1, 0.15) is 10.4 Å². The van der Waals surface area contributed by atoms with Gasteiger partial charge in [0.25, 0.3) is 10.0 Å². The molecular formula is C15H13N3O5S. The van der Waals surface area contributed by atoms with Gasteiger partial charge in [0, 0.05) is 29.4 Å². The number of nitrogens with zero attached hydrogens (tertiary/aromatic N) is 1. The van der Waals surface area contributed by atoms with E-state index in [9.17, 15) is 13.2 Å². The van der Waals surface area contributed by atoms with Gasteiger partial charge >= 0.3 is 5.97 Å². The largest absolute Gasteiger partial charge is 0.495 e. The highest BCUT2D eigenvalue weighted by molar-refractivity contribution is 7.92. The van der Waals surface area contributed by atoms with E-state index in [0.717, 1.165) is 0 Å². The number of pyridine rings is 1. The zero-order valence-corrected chi connectivity index (χ0v) is 13.3. The van der Waals surface area contributed by atoms with Crippen LogP contribution in [0.3, 0.4) is 0 Å². The number of benzene rings is 1. The van der Waals surface area contributed by atoms with E-state index in [1.165, 1.54) is 50.0 Å². The molecule has 8 nitrogen and oxygen atoms in total. The first-order chi connectivity index (χ1) is 11.4. The first-order valence-electron chi connectivity index (χ1n) is 6.77. The number of H-pyrrole nitrogens is 1. The normalized spacial score (nSPS) is 11.4. The molecule has 0 aliphatic heterocycles. The number of carboxylic acids is 1. The molecular weight excluding hydrogens is 334 g/mol. The quantitative estimate of drug-likeness (QED) is 0.649. The van der Waals surface area contributed by atoms with Gasteiger partial charge in [-0.25, -0.2) is 13.2 Å². The summed E-state index contributed by atoms with van der Waals surface area (Å²) in [7, 11) is -2.43. The number of anilines is 1. The molecule has 3 rings (SSSR count). The maximum atomic E-state index is 12.4. The number of fused-ring (bicyclic) bond motifs is 1. The van der Waals surface area contributed by atoms with Crippen molar-refractivity contribution in [2.45, 2.75) is 4.90 Å². The summed E-state index contributed by atoms with van der Waals surface area (Å²) in [6.07, 6.45) is 3.97. The van der Waals surface area contributed by atoms with E-state index in [4.69, 9.17) is 9.84 Å². The van der Waals surface area contributed by atoms with Gasteiger partial charge in [-0.1, -0.05) is 0 Å². The fourth-order valence-electron chi connectivity index (χ4n) is 2.24. The van der Waals surface area contributed by atoms with Crippen molar-refractivity contribution in [1.82, 2.24) is 9.97 Å². The number of methoxy groups -OCH3 is 1. The molecule has 0 saturated carbocycles. The van der Waals surface area contributed by atoms with Gasteiger partial charge in [-0.05, 0) is 18.2 Å². The molecule has 2 heterocycles. The van der Waals surface area contributed by atoms with Crippen LogP contribution in [0.15, 0.2) is 47.8 Å². The molecule has 1 aromatic carbocycles. The van der Waals surface area contributed by atoms with E-state index in [1.807, 2.05) is 0 Å². The van der Waals surface area contributed by atoms with Gasteiger partial charge < -0.3 is 14.8 Å². The highest BCUT2D eigenvalue weighted by atomic mass is 32.2. The van der Waals surface area contributed by atoms with Crippen molar-refractivity contribution in [2.75, 3.05) is 11.8 Å². The van der Waals surface area contributed by atoms with Gasteiger partial charge in [0.15, 0.2) is 0 Å². The molecule has 0 saturated heterocycles. The number of aromatic amines is 1. The topological polar surface area (TPSA) is 121 Å². The number of carboxylic acid groups (broad SMARTS) is 1. The van der Waals surface area contributed by atoms with E-state index in [2.05, 4.69) is 14.7 Å². The molecule has 0 spiro atoms. The molecule has 0 atom stereocenters. The Hall–Kier alpha value is -3.07. The Morgan fingerprint density at radius 2 is 2.08 bits per heavy atom. The third kappa shape index (κ3) is 2.88. The summed E-state index contributed by atoms with van der Waals surface area (Å²) in [6, 6.07) is 5.91. The van der Waals surface area contributed by atoms with E-state index in [0.29, 0.717) is 22.3 Å². The minimum Gasteiger partial charge on any atom is -0.495 e. The van der Waals surface area contributed by atoms with Gasteiger partial charge in [-0.15, -0.1) is 0 Å². The zero-order valence-electron chi connectivity index (χ0n) is 12.5. The van der Waals surface area contributed by atoms with Crippen molar-refractivity contribution in [3.63, 3.8) is 0 Å². The Balaban J connectivity index is 1.95. The molecule has 0 bridgehead atoms. The van der Waals surface area contributed by atoms with Crippen LogP contribution in [0.25, 0.3) is 10.9 Å². The Morgan fingerprint density at radius 3 is 2.79 bits per heavy atom. The van der Waals surface area contributed by atoms with E-state index in [1.54, 1.807) is 0 Å². The lowest BCUT2D eigenvalue weighted by Crippen LogP contribution is -2.13. The SMILES string of the molecule is COc1cncc(S(=O)(=O)Nc2ccc3c(C(=O)O)c[nH]c3c2)c1. The third-order valence-corrected chi connectivity index (χ3v) is 4.75.